The minimum Gasteiger partial charge on any atom is -0.284 e. The smallest absolute Gasteiger partial charge is 0.229 e. The number of anilines is 1. The number of aromatic nitrogens is 2. The number of thiazole rings is 1. The van der Waals surface area contributed by atoms with Crippen molar-refractivity contribution in [2.24, 2.45) is 0 Å². The molecule has 4 rings (SSSR count). The third kappa shape index (κ3) is 5.48. The SMILES string of the molecule is CCc1cccc2sc(N(Cc3ccncc3)C(=O)CCCS(=O)(=O)c3ccc(F)cc3)nc12. The van der Waals surface area contributed by atoms with Gasteiger partial charge in [-0.05, 0) is 66.4 Å². The molecule has 0 atom stereocenters. The number of carbonyl (C=O) groups excluding carboxylic acids is 1. The Hall–Kier alpha value is -3.17. The van der Waals surface area contributed by atoms with Crippen LogP contribution in [0.3, 0.4) is 0 Å². The average molecular weight is 498 g/mol. The third-order valence-electron chi connectivity index (χ3n) is 5.47. The van der Waals surface area contributed by atoms with Crippen molar-refractivity contribution >= 4 is 42.4 Å². The van der Waals surface area contributed by atoms with Crippen molar-refractivity contribution in [2.75, 3.05) is 10.7 Å². The zero-order chi connectivity index (χ0) is 24.1. The van der Waals surface area contributed by atoms with Crippen LogP contribution in [0, 0.1) is 5.82 Å². The lowest BCUT2D eigenvalue weighted by atomic mass is 10.1. The molecule has 0 aliphatic heterocycles. The molecule has 2 heterocycles. The van der Waals surface area contributed by atoms with Crippen molar-refractivity contribution in [1.82, 2.24) is 9.97 Å². The van der Waals surface area contributed by atoms with Crippen LogP contribution >= 0.6 is 11.3 Å². The second-order valence-corrected chi connectivity index (χ2v) is 10.9. The van der Waals surface area contributed by atoms with Gasteiger partial charge in [0.2, 0.25) is 5.91 Å². The molecule has 2 aromatic carbocycles. The minimum atomic E-state index is -3.61. The molecule has 0 unspecified atom stereocenters. The molecule has 9 heteroatoms. The molecule has 0 aliphatic carbocycles. The number of fused-ring (bicyclic) bond motifs is 1. The van der Waals surface area contributed by atoms with Crippen molar-refractivity contribution in [2.45, 2.75) is 37.6 Å². The first-order chi connectivity index (χ1) is 16.4. The van der Waals surface area contributed by atoms with E-state index in [0.717, 1.165) is 39.9 Å². The van der Waals surface area contributed by atoms with E-state index in [1.807, 2.05) is 30.3 Å². The largest absolute Gasteiger partial charge is 0.284 e. The van der Waals surface area contributed by atoms with Gasteiger partial charge in [0.15, 0.2) is 15.0 Å². The van der Waals surface area contributed by atoms with Crippen molar-refractivity contribution in [1.29, 1.82) is 0 Å². The molecule has 4 aromatic rings. The van der Waals surface area contributed by atoms with E-state index in [9.17, 15) is 17.6 Å². The maximum absolute atomic E-state index is 13.3. The number of para-hydroxylation sites is 1. The maximum Gasteiger partial charge on any atom is 0.229 e. The van der Waals surface area contributed by atoms with Gasteiger partial charge in [-0.25, -0.2) is 17.8 Å². The van der Waals surface area contributed by atoms with E-state index >= 15 is 0 Å². The van der Waals surface area contributed by atoms with E-state index in [0.29, 0.717) is 11.7 Å². The monoisotopic (exact) mass is 497 g/mol. The fourth-order valence-electron chi connectivity index (χ4n) is 3.64. The first-order valence-electron chi connectivity index (χ1n) is 10.9. The van der Waals surface area contributed by atoms with Gasteiger partial charge in [-0.2, -0.15) is 0 Å². The average Bonchev–Trinajstić information content (AvgIpc) is 3.27. The summed E-state index contributed by atoms with van der Waals surface area (Å²) in [6, 6.07) is 14.4. The van der Waals surface area contributed by atoms with E-state index in [1.165, 1.54) is 23.5 Å². The van der Waals surface area contributed by atoms with Crippen LogP contribution < -0.4 is 4.90 Å². The zero-order valence-corrected chi connectivity index (χ0v) is 20.3. The molecule has 0 saturated carbocycles. The topological polar surface area (TPSA) is 80.2 Å². The fourth-order valence-corrected chi connectivity index (χ4v) is 5.98. The number of amides is 1. The van der Waals surface area contributed by atoms with Gasteiger partial charge in [0.1, 0.15) is 5.82 Å². The van der Waals surface area contributed by atoms with Gasteiger partial charge in [-0.15, -0.1) is 0 Å². The van der Waals surface area contributed by atoms with Gasteiger partial charge in [0.25, 0.3) is 0 Å². The van der Waals surface area contributed by atoms with Crippen LogP contribution in [0.4, 0.5) is 9.52 Å². The lowest BCUT2D eigenvalue weighted by Gasteiger charge is -2.20. The van der Waals surface area contributed by atoms with Gasteiger partial charge in [-0.3, -0.25) is 14.7 Å². The zero-order valence-electron chi connectivity index (χ0n) is 18.6. The highest BCUT2D eigenvalue weighted by Gasteiger charge is 2.22. The first kappa shape index (κ1) is 24.0. The molecule has 6 nitrogen and oxygen atoms in total. The van der Waals surface area contributed by atoms with Gasteiger partial charge < -0.3 is 0 Å². The fraction of sp³-hybridized carbons (Fsp3) is 0.240. The molecule has 0 saturated heterocycles. The second-order valence-electron chi connectivity index (χ2n) is 7.83. The molecule has 0 bridgehead atoms. The summed E-state index contributed by atoms with van der Waals surface area (Å²) in [5, 5.41) is 0.583. The summed E-state index contributed by atoms with van der Waals surface area (Å²) in [7, 11) is -3.61. The highest BCUT2D eigenvalue weighted by Crippen LogP contribution is 2.32. The Morgan fingerprint density at radius 3 is 2.50 bits per heavy atom. The van der Waals surface area contributed by atoms with Gasteiger partial charge in [0.05, 0.1) is 27.4 Å². The predicted octanol–water partition coefficient (Wildman–Crippen LogP) is 5.18. The molecule has 0 N–H and O–H groups in total. The summed E-state index contributed by atoms with van der Waals surface area (Å²) in [6.45, 7) is 2.38. The molecule has 1 amide bonds. The van der Waals surface area contributed by atoms with E-state index in [-0.39, 0.29) is 29.4 Å². The minimum absolute atomic E-state index is 0.0437. The van der Waals surface area contributed by atoms with Crippen molar-refractivity contribution in [3.05, 3.63) is 83.9 Å². The number of sulfone groups is 1. The van der Waals surface area contributed by atoms with Crippen LogP contribution in [-0.4, -0.2) is 30.0 Å². The standard InChI is InChI=1S/C25H24FN3O3S2/c1-2-19-5-3-6-22-24(19)28-25(33-22)29(17-18-12-14-27-15-13-18)23(30)7-4-16-34(31,32)21-10-8-20(26)9-11-21/h3,5-6,8-15H,2,4,7,16-17H2,1H3. The van der Waals surface area contributed by atoms with E-state index in [4.69, 9.17) is 4.98 Å². The van der Waals surface area contributed by atoms with Crippen molar-refractivity contribution in [3.63, 3.8) is 0 Å². The molecule has 34 heavy (non-hydrogen) atoms. The summed E-state index contributed by atoms with van der Waals surface area (Å²) in [5.41, 5.74) is 2.90. The molecule has 0 aliphatic rings. The highest BCUT2D eigenvalue weighted by molar-refractivity contribution is 7.91. The Morgan fingerprint density at radius 1 is 1.06 bits per heavy atom. The van der Waals surface area contributed by atoms with Crippen LogP contribution in [0.2, 0.25) is 0 Å². The van der Waals surface area contributed by atoms with E-state index < -0.39 is 15.7 Å². The molecular formula is C25H24FN3O3S2. The lowest BCUT2D eigenvalue weighted by Crippen LogP contribution is -2.30. The quantitative estimate of drug-likeness (QED) is 0.298. The number of pyridine rings is 1. The Labute approximate surface area is 202 Å². The van der Waals surface area contributed by atoms with Gasteiger partial charge >= 0.3 is 0 Å². The number of halogens is 1. The summed E-state index contributed by atoms with van der Waals surface area (Å²) < 4.78 is 39.3. The van der Waals surface area contributed by atoms with Crippen LogP contribution in [0.15, 0.2) is 71.9 Å². The normalized spacial score (nSPS) is 11.6. The number of hydrogen-bond acceptors (Lipinski definition) is 6. The number of aryl methyl sites for hydroxylation is 1. The highest BCUT2D eigenvalue weighted by atomic mass is 32.2. The van der Waals surface area contributed by atoms with Crippen LogP contribution in [0.1, 0.15) is 30.9 Å². The predicted molar refractivity (Wildman–Crippen MR) is 132 cm³/mol. The Balaban J connectivity index is 1.54. The van der Waals surface area contributed by atoms with E-state index in [1.54, 1.807) is 17.3 Å². The van der Waals surface area contributed by atoms with Crippen LogP contribution in [0.25, 0.3) is 10.2 Å². The van der Waals surface area contributed by atoms with Crippen molar-refractivity contribution < 1.29 is 17.6 Å². The number of benzene rings is 2. The summed E-state index contributed by atoms with van der Waals surface area (Å²) >= 11 is 1.44. The van der Waals surface area contributed by atoms with Gasteiger partial charge in [0, 0.05) is 18.8 Å². The van der Waals surface area contributed by atoms with Crippen LogP contribution in [0.5, 0.6) is 0 Å². The maximum atomic E-state index is 13.3. The van der Waals surface area contributed by atoms with Gasteiger partial charge in [-0.1, -0.05) is 30.4 Å². The molecule has 2 aromatic heterocycles. The van der Waals surface area contributed by atoms with Crippen LogP contribution in [-0.2, 0) is 27.6 Å². The Kier molecular flexibility index (Phi) is 7.33. The second kappa shape index (κ2) is 10.4. The molecule has 0 radical (unpaired) electrons. The first-order valence-corrected chi connectivity index (χ1v) is 13.4. The molecule has 0 spiro atoms. The van der Waals surface area contributed by atoms with E-state index in [2.05, 4.69) is 11.9 Å². The third-order valence-corrected chi connectivity index (χ3v) is 8.33. The number of carbonyl (C=O) groups is 1. The number of hydrogen-bond donors (Lipinski definition) is 0. The summed E-state index contributed by atoms with van der Waals surface area (Å²) in [6.07, 6.45) is 4.36. The lowest BCUT2D eigenvalue weighted by molar-refractivity contribution is -0.118. The summed E-state index contributed by atoms with van der Waals surface area (Å²) in [5.74, 6) is -0.904. The molecule has 176 valence electrons. The molecular weight excluding hydrogens is 473 g/mol. The number of rotatable bonds is 9. The molecule has 0 fully saturated rings. The number of nitrogens with zero attached hydrogens (tertiary/aromatic N) is 3. The van der Waals surface area contributed by atoms with Crippen molar-refractivity contribution in [3.8, 4) is 0 Å². The Bertz CT molecular complexity index is 1390. The summed E-state index contributed by atoms with van der Waals surface area (Å²) in [4.78, 5) is 23.7. The Morgan fingerprint density at radius 2 is 1.79 bits per heavy atom.